The SMILES string of the molecule is CC1OC(OC2C(Oc3c(-c4ccc(O)cc4)oc4cc(OC5OC(CO)C(O)C(O)C5O)cc(O)c4c3=O)OCC(O)C2O)C(O)C(O)C1O. The van der Waals surface area contributed by atoms with E-state index in [0.717, 1.165) is 12.1 Å². The van der Waals surface area contributed by atoms with E-state index < -0.39 is 122 Å². The molecule has 3 fully saturated rings. The van der Waals surface area contributed by atoms with Crippen LogP contribution in [-0.4, -0.2) is 155 Å². The number of benzene rings is 2. The number of aliphatic hydroxyl groups is 9. The third-order valence-corrected chi connectivity index (χ3v) is 8.90. The molecule has 0 spiro atoms. The van der Waals surface area contributed by atoms with E-state index in [9.17, 15) is 61.0 Å². The molecular formula is C32H38O19. The molecule has 0 radical (unpaired) electrons. The number of hydrogen-bond acceptors (Lipinski definition) is 19. The molecule has 0 saturated carbocycles. The Bertz CT molecular complexity index is 1730. The maximum absolute atomic E-state index is 14.1. The van der Waals surface area contributed by atoms with Gasteiger partial charge >= 0.3 is 0 Å². The Morgan fingerprint density at radius 3 is 2.12 bits per heavy atom. The summed E-state index contributed by atoms with van der Waals surface area (Å²) in [6, 6.07) is 7.34. The second-order valence-corrected chi connectivity index (χ2v) is 12.4. The molecule has 14 atom stereocenters. The van der Waals surface area contributed by atoms with Crippen LogP contribution in [0.1, 0.15) is 6.92 Å². The van der Waals surface area contributed by atoms with Gasteiger partial charge in [-0.05, 0) is 31.2 Å². The van der Waals surface area contributed by atoms with Gasteiger partial charge in [-0.1, -0.05) is 0 Å². The van der Waals surface area contributed by atoms with Crippen LogP contribution in [0.5, 0.6) is 23.0 Å². The molecule has 4 heterocycles. The summed E-state index contributed by atoms with van der Waals surface area (Å²) in [5.74, 6) is -2.03. The molecule has 3 saturated heterocycles. The lowest BCUT2D eigenvalue weighted by Gasteiger charge is -2.43. The first-order valence-electron chi connectivity index (χ1n) is 15.8. The smallest absolute Gasteiger partial charge is 0.239 e. The molecule has 11 N–H and O–H groups in total. The molecule has 0 amide bonds. The number of rotatable bonds is 8. The first kappa shape index (κ1) is 37.1. The van der Waals surface area contributed by atoms with Crippen molar-refractivity contribution in [1.82, 2.24) is 0 Å². The molecule has 2 aromatic carbocycles. The van der Waals surface area contributed by atoms with Gasteiger partial charge in [0.05, 0.1) is 19.3 Å². The zero-order valence-corrected chi connectivity index (χ0v) is 26.6. The van der Waals surface area contributed by atoms with Crippen molar-refractivity contribution in [3.8, 4) is 34.3 Å². The number of aliphatic hydroxyl groups excluding tert-OH is 9. The van der Waals surface area contributed by atoms with Crippen LogP contribution in [0.2, 0.25) is 0 Å². The van der Waals surface area contributed by atoms with Gasteiger partial charge in [0.2, 0.25) is 23.8 Å². The van der Waals surface area contributed by atoms with E-state index in [0.29, 0.717) is 0 Å². The molecule has 51 heavy (non-hydrogen) atoms. The highest BCUT2D eigenvalue weighted by atomic mass is 16.8. The molecule has 1 aromatic heterocycles. The zero-order chi connectivity index (χ0) is 36.9. The van der Waals surface area contributed by atoms with Crippen molar-refractivity contribution in [2.24, 2.45) is 0 Å². The Labute approximate surface area is 287 Å². The van der Waals surface area contributed by atoms with Crippen molar-refractivity contribution in [2.45, 2.75) is 92.9 Å². The zero-order valence-electron chi connectivity index (χ0n) is 26.6. The molecule has 6 rings (SSSR count). The van der Waals surface area contributed by atoms with Crippen LogP contribution < -0.4 is 14.9 Å². The summed E-state index contributed by atoms with van der Waals surface area (Å²) in [5.41, 5.74) is -1.16. The molecular weight excluding hydrogens is 688 g/mol. The number of fused-ring (bicyclic) bond motifs is 1. The normalized spacial score (nSPS) is 37.3. The lowest BCUT2D eigenvalue weighted by atomic mass is 9.99. The Hall–Kier alpha value is -3.67. The van der Waals surface area contributed by atoms with Crippen molar-refractivity contribution in [1.29, 1.82) is 0 Å². The van der Waals surface area contributed by atoms with Gasteiger partial charge in [0.15, 0.2) is 18.2 Å². The highest BCUT2D eigenvalue weighted by Gasteiger charge is 2.49. The summed E-state index contributed by atoms with van der Waals surface area (Å²) in [7, 11) is 0. The standard InChI is InChI=1S/C32H38O19/c1-10-19(37)23(41)25(43)30(46-10)51-29-20(38)15(36)9-45-32(29)50-28-22(40)18-14(35)6-13(47-31-26(44)24(42)21(39)17(8-33)49-31)7-16(18)48-27(28)11-2-4-12(34)5-3-11/h2-7,10,15,17,19-21,23-26,29-39,41-44H,8-9H2,1H3. The van der Waals surface area contributed by atoms with Crippen LogP contribution in [0.3, 0.4) is 0 Å². The molecule has 0 bridgehead atoms. The lowest BCUT2D eigenvalue weighted by molar-refractivity contribution is -0.344. The minimum Gasteiger partial charge on any atom is -0.508 e. The minimum atomic E-state index is -1.82. The third kappa shape index (κ3) is 7.09. The van der Waals surface area contributed by atoms with Gasteiger partial charge in [0.25, 0.3) is 0 Å². The summed E-state index contributed by atoms with van der Waals surface area (Å²) in [4.78, 5) is 14.1. The van der Waals surface area contributed by atoms with E-state index in [4.69, 9.17) is 32.8 Å². The fourth-order valence-electron chi connectivity index (χ4n) is 5.94. The average Bonchev–Trinajstić information content (AvgIpc) is 3.10. The summed E-state index contributed by atoms with van der Waals surface area (Å²) in [6.07, 6.45) is -22.6. The minimum absolute atomic E-state index is 0.146. The van der Waals surface area contributed by atoms with Crippen LogP contribution in [0, 0.1) is 0 Å². The Balaban J connectivity index is 1.38. The van der Waals surface area contributed by atoms with Gasteiger partial charge in [0, 0.05) is 17.7 Å². The predicted octanol–water partition coefficient (Wildman–Crippen LogP) is -3.28. The number of ether oxygens (including phenoxy) is 6. The second kappa shape index (κ2) is 14.8. The number of phenolic OH excluding ortho intramolecular Hbond substituents is 2. The molecule has 280 valence electrons. The van der Waals surface area contributed by atoms with Crippen LogP contribution >= 0.6 is 0 Å². The lowest BCUT2D eigenvalue weighted by Crippen LogP contribution is -2.62. The number of hydrogen-bond donors (Lipinski definition) is 11. The Morgan fingerprint density at radius 2 is 1.43 bits per heavy atom. The first-order valence-corrected chi connectivity index (χ1v) is 15.8. The fraction of sp³-hybridized carbons (Fsp3) is 0.531. The van der Waals surface area contributed by atoms with Crippen molar-refractivity contribution < 1.29 is 89.0 Å². The summed E-state index contributed by atoms with van der Waals surface area (Å²) in [6.45, 7) is 0.144. The van der Waals surface area contributed by atoms with E-state index in [1.165, 1.54) is 31.2 Å². The quantitative estimate of drug-likeness (QED) is 0.108. The number of phenols is 2. The largest absolute Gasteiger partial charge is 0.508 e. The van der Waals surface area contributed by atoms with Gasteiger partial charge in [0.1, 0.15) is 83.2 Å². The van der Waals surface area contributed by atoms with Crippen molar-refractivity contribution in [3.63, 3.8) is 0 Å². The van der Waals surface area contributed by atoms with Crippen LogP contribution in [-0.2, 0) is 18.9 Å². The highest BCUT2D eigenvalue weighted by molar-refractivity contribution is 5.88. The van der Waals surface area contributed by atoms with Crippen LogP contribution in [0.4, 0.5) is 0 Å². The van der Waals surface area contributed by atoms with Gasteiger partial charge in [-0.15, -0.1) is 0 Å². The third-order valence-electron chi connectivity index (χ3n) is 8.90. The number of aromatic hydroxyl groups is 2. The topological polar surface area (TPSA) is 308 Å². The molecule has 14 unspecified atom stereocenters. The molecule has 19 nitrogen and oxygen atoms in total. The van der Waals surface area contributed by atoms with Crippen LogP contribution in [0.25, 0.3) is 22.3 Å². The molecule has 3 aliphatic heterocycles. The summed E-state index contributed by atoms with van der Waals surface area (Å²) in [5, 5.41) is 113. The predicted molar refractivity (Wildman–Crippen MR) is 165 cm³/mol. The van der Waals surface area contributed by atoms with E-state index in [2.05, 4.69) is 0 Å². The van der Waals surface area contributed by atoms with Crippen molar-refractivity contribution >= 4 is 11.0 Å². The molecule has 3 aromatic rings. The second-order valence-electron chi connectivity index (χ2n) is 12.4. The molecule has 3 aliphatic rings. The van der Waals surface area contributed by atoms with E-state index >= 15 is 0 Å². The average molecular weight is 727 g/mol. The van der Waals surface area contributed by atoms with E-state index in [1.807, 2.05) is 0 Å². The first-order chi connectivity index (χ1) is 24.2. The van der Waals surface area contributed by atoms with E-state index in [-0.39, 0.29) is 28.4 Å². The highest BCUT2D eigenvalue weighted by Crippen LogP contribution is 2.39. The van der Waals surface area contributed by atoms with Gasteiger partial charge < -0.3 is 89.0 Å². The maximum atomic E-state index is 14.1. The monoisotopic (exact) mass is 726 g/mol. The van der Waals surface area contributed by atoms with Crippen LogP contribution in [0.15, 0.2) is 45.6 Å². The molecule has 0 aliphatic carbocycles. The van der Waals surface area contributed by atoms with Gasteiger partial charge in [-0.2, -0.15) is 0 Å². The van der Waals surface area contributed by atoms with Crippen molar-refractivity contribution in [3.05, 3.63) is 46.6 Å². The van der Waals surface area contributed by atoms with Gasteiger partial charge in [-0.3, -0.25) is 4.79 Å². The maximum Gasteiger partial charge on any atom is 0.239 e. The summed E-state index contributed by atoms with van der Waals surface area (Å²) < 4.78 is 39.7. The fourth-order valence-corrected chi connectivity index (χ4v) is 5.94. The molecule has 19 heteroatoms. The Kier molecular flexibility index (Phi) is 10.7. The van der Waals surface area contributed by atoms with Crippen molar-refractivity contribution in [2.75, 3.05) is 13.2 Å². The van der Waals surface area contributed by atoms with Gasteiger partial charge in [-0.25, -0.2) is 0 Å². The Morgan fingerprint density at radius 1 is 0.765 bits per heavy atom. The van der Waals surface area contributed by atoms with E-state index in [1.54, 1.807) is 0 Å². The summed E-state index contributed by atoms with van der Waals surface area (Å²) >= 11 is 0.